The zero-order valence-corrected chi connectivity index (χ0v) is 22.0. The molecule has 36 heavy (non-hydrogen) atoms. The molecule has 1 aromatic heterocycles. The molecule has 3 amide bonds. The van der Waals surface area contributed by atoms with E-state index in [2.05, 4.69) is 33.6 Å². The Labute approximate surface area is 216 Å². The van der Waals surface area contributed by atoms with E-state index in [9.17, 15) is 24.3 Å². The minimum atomic E-state index is -1.15. The van der Waals surface area contributed by atoms with Gasteiger partial charge in [-0.25, -0.2) is 4.79 Å². The smallest absolute Gasteiger partial charge is 0.326 e. The normalized spacial score (nSPS) is 15.5. The number of fused-ring (bicyclic) bond motifs is 1. The lowest BCUT2D eigenvalue weighted by atomic mass is 9.97. The fourth-order valence-corrected chi connectivity index (χ4v) is 3.97. The SMILES string of the molecule is CCC(C)C(NC(=O)C(Cc1c[nH]c2ccccc12)NC(=O)C(NC(=O)C(N)CS)C(C)C)C(=O)O. The molecule has 0 aliphatic rings. The Morgan fingerprint density at radius 2 is 1.64 bits per heavy atom. The van der Waals surface area contributed by atoms with Crippen LogP contribution in [0, 0.1) is 11.8 Å². The molecular weight excluding hydrogens is 482 g/mol. The maximum absolute atomic E-state index is 13.3. The Morgan fingerprint density at radius 1 is 1.00 bits per heavy atom. The first-order chi connectivity index (χ1) is 17.0. The van der Waals surface area contributed by atoms with Gasteiger partial charge in [0.15, 0.2) is 0 Å². The second kappa shape index (κ2) is 13.3. The van der Waals surface area contributed by atoms with Crippen LogP contribution in [0.4, 0.5) is 0 Å². The van der Waals surface area contributed by atoms with Crippen molar-refractivity contribution in [2.24, 2.45) is 17.6 Å². The van der Waals surface area contributed by atoms with E-state index in [1.165, 1.54) is 0 Å². The second-order valence-electron chi connectivity index (χ2n) is 9.35. The van der Waals surface area contributed by atoms with Gasteiger partial charge in [-0.1, -0.05) is 52.3 Å². The van der Waals surface area contributed by atoms with Gasteiger partial charge < -0.3 is 31.8 Å². The lowest BCUT2D eigenvalue weighted by Crippen LogP contribution is -2.59. The van der Waals surface area contributed by atoms with Gasteiger partial charge in [0, 0.05) is 29.3 Å². The summed E-state index contributed by atoms with van der Waals surface area (Å²) in [7, 11) is 0. The molecule has 5 unspecified atom stereocenters. The number of hydrogen-bond donors (Lipinski definition) is 7. The minimum Gasteiger partial charge on any atom is -0.480 e. The number of carboxylic acid groups (broad SMARTS) is 1. The van der Waals surface area contributed by atoms with Crippen LogP contribution in [-0.4, -0.2) is 63.7 Å². The van der Waals surface area contributed by atoms with Crippen molar-refractivity contribution in [2.75, 3.05) is 5.75 Å². The third kappa shape index (κ3) is 7.47. The summed E-state index contributed by atoms with van der Waals surface area (Å²) in [5.74, 6) is -3.38. The fraction of sp³-hybridized carbons (Fsp3) is 0.520. The number of aliphatic carboxylic acids is 1. The third-order valence-corrected chi connectivity index (χ3v) is 6.68. The van der Waals surface area contributed by atoms with E-state index in [0.717, 1.165) is 16.5 Å². The molecule has 5 atom stereocenters. The highest BCUT2D eigenvalue weighted by Gasteiger charge is 2.33. The zero-order chi connectivity index (χ0) is 27.0. The van der Waals surface area contributed by atoms with Crippen LogP contribution in [0.3, 0.4) is 0 Å². The lowest BCUT2D eigenvalue weighted by Gasteiger charge is -2.27. The summed E-state index contributed by atoms with van der Waals surface area (Å²) in [6, 6.07) is 3.50. The summed E-state index contributed by atoms with van der Waals surface area (Å²) in [5.41, 5.74) is 7.39. The predicted octanol–water partition coefficient (Wildman–Crippen LogP) is 1.21. The minimum absolute atomic E-state index is 0.107. The summed E-state index contributed by atoms with van der Waals surface area (Å²) in [6.07, 6.45) is 2.42. The van der Waals surface area contributed by atoms with Crippen LogP contribution in [0.2, 0.25) is 0 Å². The van der Waals surface area contributed by atoms with E-state index >= 15 is 0 Å². The summed E-state index contributed by atoms with van der Waals surface area (Å²) in [6.45, 7) is 7.09. The van der Waals surface area contributed by atoms with Crippen LogP contribution in [0.25, 0.3) is 10.9 Å². The summed E-state index contributed by atoms with van der Waals surface area (Å²) in [5, 5.41) is 18.5. The van der Waals surface area contributed by atoms with Crippen LogP contribution < -0.4 is 21.7 Å². The van der Waals surface area contributed by atoms with Gasteiger partial charge in [0.2, 0.25) is 17.7 Å². The molecule has 2 rings (SSSR count). The molecule has 0 spiro atoms. The number of H-pyrrole nitrogens is 1. The Balaban J connectivity index is 2.34. The van der Waals surface area contributed by atoms with E-state index in [1.54, 1.807) is 27.0 Å². The maximum Gasteiger partial charge on any atom is 0.326 e. The van der Waals surface area contributed by atoms with E-state index < -0.39 is 47.9 Å². The number of nitrogens with one attached hydrogen (secondary N) is 4. The Morgan fingerprint density at radius 3 is 2.22 bits per heavy atom. The molecule has 0 saturated carbocycles. The standard InChI is InChI=1S/C25H37N5O5S/c1-5-14(4)21(25(34)35)30-23(32)19(10-15-11-27-18-9-7-6-8-16(15)18)28-24(33)20(13(2)3)29-22(31)17(26)12-36/h6-9,11,13-14,17,19-21,27,36H,5,10,12,26H2,1-4H3,(H,28,33)(H,29,31)(H,30,32)(H,34,35). The molecule has 198 valence electrons. The van der Waals surface area contributed by atoms with Crippen LogP contribution in [0.15, 0.2) is 30.5 Å². The summed E-state index contributed by atoms with van der Waals surface area (Å²) in [4.78, 5) is 53.9. The number of carbonyl (C=O) groups excluding carboxylic acids is 3. The molecule has 0 fully saturated rings. The molecule has 1 aromatic carbocycles. The first kappa shape index (κ1) is 29.2. The lowest BCUT2D eigenvalue weighted by molar-refractivity contribution is -0.143. The molecule has 0 saturated heterocycles. The van der Waals surface area contributed by atoms with Gasteiger partial charge in [-0.3, -0.25) is 14.4 Å². The van der Waals surface area contributed by atoms with Crippen molar-refractivity contribution < 1.29 is 24.3 Å². The van der Waals surface area contributed by atoms with Gasteiger partial charge >= 0.3 is 5.97 Å². The van der Waals surface area contributed by atoms with Crippen LogP contribution in [0.5, 0.6) is 0 Å². The Bertz CT molecular complexity index is 1070. The van der Waals surface area contributed by atoms with Crippen LogP contribution in [0.1, 0.15) is 39.7 Å². The van der Waals surface area contributed by atoms with Gasteiger partial charge in [0.25, 0.3) is 0 Å². The number of thiol groups is 1. The topological polar surface area (TPSA) is 166 Å². The van der Waals surface area contributed by atoms with E-state index in [4.69, 9.17) is 5.73 Å². The highest BCUT2D eigenvalue weighted by Crippen LogP contribution is 2.20. The summed E-state index contributed by atoms with van der Waals surface area (Å²) >= 11 is 4.02. The predicted molar refractivity (Wildman–Crippen MR) is 142 cm³/mol. The fourth-order valence-electron chi connectivity index (χ4n) is 3.81. The van der Waals surface area contributed by atoms with Gasteiger partial charge in [-0.2, -0.15) is 12.6 Å². The number of aromatic nitrogens is 1. The number of nitrogens with two attached hydrogens (primary N) is 1. The third-order valence-electron chi connectivity index (χ3n) is 6.29. The number of rotatable bonds is 13. The quantitative estimate of drug-likeness (QED) is 0.196. The van der Waals surface area contributed by atoms with E-state index in [1.807, 2.05) is 31.2 Å². The molecule has 1 heterocycles. The Kier molecular flexibility index (Phi) is 10.8. The monoisotopic (exact) mass is 519 g/mol. The van der Waals surface area contributed by atoms with Crippen LogP contribution >= 0.6 is 12.6 Å². The molecule has 11 heteroatoms. The highest BCUT2D eigenvalue weighted by molar-refractivity contribution is 7.80. The zero-order valence-electron chi connectivity index (χ0n) is 21.1. The number of benzene rings is 1. The molecule has 10 nitrogen and oxygen atoms in total. The molecule has 0 radical (unpaired) electrons. The van der Waals surface area contributed by atoms with Crippen molar-refractivity contribution in [2.45, 2.75) is 64.7 Å². The van der Waals surface area contributed by atoms with Crippen LogP contribution in [-0.2, 0) is 25.6 Å². The summed E-state index contributed by atoms with van der Waals surface area (Å²) < 4.78 is 0. The molecule has 0 aliphatic heterocycles. The number of aromatic amines is 1. The first-order valence-electron chi connectivity index (χ1n) is 12.0. The number of carboxylic acids is 1. The van der Waals surface area contributed by atoms with Crippen molar-refractivity contribution in [1.82, 2.24) is 20.9 Å². The van der Waals surface area contributed by atoms with Gasteiger partial charge in [0.1, 0.15) is 18.1 Å². The molecule has 0 aliphatic carbocycles. The average molecular weight is 520 g/mol. The number of carbonyl (C=O) groups is 4. The second-order valence-corrected chi connectivity index (χ2v) is 9.72. The maximum atomic E-state index is 13.3. The molecular formula is C25H37N5O5S. The van der Waals surface area contributed by atoms with E-state index in [0.29, 0.717) is 6.42 Å². The van der Waals surface area contributed by atoms with E-state index in [-0.39, 0.29) is 24.0 Å². The molecule has 7 N–H and O–H groups in total. The molecule has 0 bridgehead atoms. The molecule has 2 aromatic rings. The Hall–Kier alpha value is -3.05. The van der Waals surface area contributed by atoms with Crippen molar-refractivity contribution in [3.05, 3.63) is 36.0 Å². The highest BCUT2D eigenvalue weighted by atomic mass is 32.1. The van der Waals surface area contributed by atoms with Crippen molar-refractivity contribution in [1.29, 1.82) is 0 Å². The van der Waals surface area contributed by atoms with Gasteiger partial charge in [-0.15, -0.1) is 0 Å². The average Bonchev–Trinajstić information content (AvgIpc) is 3.26. The number of amides is 3. The number of para-hydroxylation sites is 1. The van der Waals surface area contributed by atoms with Crippen molar-refractivity contribution in [3.8, 4) is 0 Å². The van der Waals surface area contributed by atoms with Gasteiger partial charge in [-0.05, 0) is 23.5 Å². The van der Waals surface area contributed by atoms with Crippen molar-refractivity contribution in [3.63, 3.8) is 0 Å². The largest absolute Gasteiger partial charge is 0.480 e. The van der Waals surface area contributed by atoms with Crippen molar-refractivity contribution >= 4 is 47.2 Å². The van der Waals surface area contributed by atoms with Gasteiger partial charge in [0.05, 0.1) is 6.04 Å². The number of hydrogen-bond acceptors (Lipinski definition) is 6. The first-order valence-corrected chi connectivity index (χ1v) is 12.7.